The quantitative estimate of drug-likeness (QED) is 0.299. The topological polar surface area (TPSA) is 28.7 Å². The second-order valence-electron chi connectivity index (χ2n) is 9.69. The first-order chi connectivity index (χ1) is 17.2. The Morgan fingerprint density at radius 1 is 0.943 bits per heavy atom. The number of fused-ring (bicyclic) bond motifs is 6. The molecule has 168 valence electrons. The normalized spacial score (nSPS) is 21.8. The molecule has 0 saturated carbocycles. The molecule has 3 heteroatoms. The van der Waals surface area contributed by atoms with E-state index in [-0.39, 0.29) is 5.92 Å². The number of hydrogen-bond donors (Lipinski definition) is 0. The Labute approximate surface area is 209 Å². The lowest BCUT2D eigenvalue weighted by atomic mass is 9.85. The Kier molecular flexibility index (Phi) is 4.65. The van der Waals surface area contributed by atoms with Gasteiger partial charge in [-0.15, -0.1) is 11.8 Å². The number of para-hydroxylation sites is 2. The Morgan fingerprint density at radius 2 is 1.80 bits per heavy atom. The fourth-order valence-electron chi connectivity index (χ4n) is 5.96. The maximum atomic E-state index is 9.77. The van der Waals surface area contributed by atoms with E-state index in [2.05, 4.69) is 103 Å². The van der Waals surface area contributed by atoms with Gasteiger partial charge < -0.3 is 4.57 Å². The molecule has 3 atom stereocenters. The number of hydrogen-bond acceptors (Lipinski definition) is 2. The summed E-state index contributed by atoms with van der Waals surface area (Å²) in [5.74, 6) is 0.737. The van der Waals surface area contributed by atoms with E-state index in [1.165, 1.54) is 49.4 Å². The Hall–Kier alpha value is -3.74. The molecule has 35 heavy (non-hydrogen) atoms. The molecule has 2 aliphatic carbocycles. The molecule has 2 heterocycles. The summed E-state index contributed by atoms with van der Waals surface area (Å²) in [6, 6.07) is 26.1. The molecule has 0 radical (unpaired) electrons. The van der Waals surface area contributed by atoms with Gasteiger partial charge in [-0.3, -0.25) is 0 Å². The van der Waals surface area contributed by atoms with E-state index in [1.54, 1.807) is 0 Å². The predicted octanol–water partition coefficient (Wildman–Crippen LogP) is 7.92. The fraction of sp³-hybridized carbons (Fsp3) is 0.156. The molecule has 0 fully saturated rings. The highest BCUT2D eigenvalue weighted by molar-refractivity contribution is 8.00. The molecule has 2 nitrogen and oxygen atoms in total. The van der Waals surface area contributed by atoms with E-state index in [9.17, 15) is 5.26 Å². The van der Waals surface area contributed by atoms with Crippen molar-refractivity contribution in [3.8, 4) is 11.8 Å². The summed E-state index contributed by atoms with van der Waals surface area (Å²) in [6.07, 6.45) is 12.7. The first kappa shape index (κ1) is 20.6. The lowest BCUT2D eigenvalue weighted by molar-refractivity contribution is 0.690. The van der Waals surface area contributed by atoms with Gasteiger partial charge in [0.1, 0.15) is 0 Å². The van der Waals surface area contributed by atoms with E-state index in [4.69, 9.17) is 0 Å². The van der Waals surface area contributed by atoms with Crippen LogP contribution >= 0.6 is 11.8 Å². The van der Waals surface area contributed by atoms with Gasteiger partial charge in [0.15, 0.2) is 0 Å². The zero-order chi connectivity index (χ0) is 23.5. The monoisotopic (exact) mass is 468 g/mol. The molecule has 0 saturated heterocycles. The third-order valence-electron chi connectivity index (χ3n) is 7.54. The first-order valence-electron chi connectivity index (χ1n) is 12.2. The summed E-state index contributed by atoms with van der Waals surface area (Å²) in [5, 5.41) is 11.4. The van der Waals surface area contributed by atoms with Crippen molar-refractivity contribution in [1.29, 1.82) is 5.26 Å². The van der Waals surface area contributed by atoms with Gasteiger partial charge in [-0.1, -0.05) is 79.8 Å². The highest BCUT2D eigenvalue weighted by Crippen LogP contribution is 2.51. The van der Waals surface area contributed by atoms with Crippen molar-refractivity contribution in [2.45, 2.75) is 29.4 Å². The van der Waals surface area contributed by atoms with Crippen LogP contribution in [0.25, 0.3) is 28.2 Å². The lowest BCUT2D eigenvalue weighted by Crippen LogP contribution is -2.12. The molecule has 1 aromatic heterocycles. The molecule has 0 N–H and O–H groups in total. The number of allylic oxidation sites excluding steroid dienone is 4. The minimum Gasteiger partial charge on any atom is -0.312 e. The average Bonchev–Trinajstić information content (AvgIpc) is 3.43. The second kappa shape index (κ2) is 7.90. The molecule has 0 bridgehead atoms. The van der Waals surface area contributed by atoms with Crippen molar-refractivity contribution in [3.63, 3.8) is 0 Å². The third kappa shape index (κ3) is 3.10. The van der Waals surface area contributed by atoms with E-state index in [0.717, 1.165) is 12.0 Å². The molecule has 0 spiro atoms. The summed E-state index contributed by atoms with van der Waals surface area (Å²) in [7, 11) is 0. The highest BCUT2D eigenvalue weighted by Gasteiger charge is 2.35. The molecule has 4 aromatic rings. The third-order valence-corrected chi connectivity index (χ3v) is 8.87. The highest BCUT2D eigenvalue weighted by atomic mass is 32.2. The summed E-state index contributed by atoms with van der Waals surface area (Å²) in [6.45, 7) is 2.29. The van der Waals surface area contributed by atoms with Crippen LogP contribution in [0.5, 0.6) is 0 Å². The van der Waals surface area contributed by atoms with Crippen LogP contribution in [0.3, 0.4) is 0 Å². The van der Waals surface area contributed by atoms with E-state index < -0.39 is 0 Å². The van der Waals surface area contributed by atoms with Gasteiger partial charge in [0.05, 0.1) is 22.8 Å². The van der Waals surface area contributed by atoms with Gasteiger partial charge in [0.2, 0.25) is 0 Å². The van der Waals surface area contributed by atoms with Crippen LogP contribution in [0, 0.1) is 17.2 Å². The summed E-state index contributed by atoms with van der Waals surface area (Å²) < 4.78 is 2.48. The molecular weight excluding hydrogens is 444 g/mol. The van der Waals surface area contributed by atoms with Crippen LogP contribution in [-0.4, -0.2) is 9.82 Å². The predicted molar refractivity (Wildman–Crippen MR) is 146 cm³/mol. The van der Waals surface area contributed by atoms with Gasteiger partial charge in [0, 0.05) is 38.3 Å². The van der Waals surface area contributed by atoms with Crippen LogP contribution in [0.15, 0.2) is 95.9 Å². The number of nitriles is 1. The number of benzene rings is 3. The first-order valence-corrected chi connectivity index (χ1v) is 13.1. The summed E-state index contributed by atoms with van der Waals surface area (Å²) >= 11 is 1.87. The minimum atomic E-state index is 0.220. The number of rotatable bonds is 2. The van der Waals surface area contributed by atoms with Crippen molar-refractivity contribution in [2.24, 2.45) is 5.92 Å². The smallest absolute Gasteiger partial charge is 0.0995 e. The van der Waals surface area contributed by atoms with E-state index >= 15 is 0 Å². The van der Waals surface area contributed by atoms with Crippen molar-refractivity contribution < 1.29 is 0 Å². The number of thioether (sulfide) groups is 1. The molecule has 7 rings (SSSR count). The zero-order valence-corrected chi connectivity index (χ0v) is 20.3. The molecule has 3 unspecified atom stereocenters. The molecule has 3 aromatic carbocycles. The van der Waals surface area contributed by atoms with Gasteiger partial charge in [-0.2, -0.15) is 5.26 Å². The Morgan fingerprint density at radius 3 is 2.71 bits per heavy atom. The molecule has 1 aliphatic heterocycles. The van der Waals surface area contributed by atoms with Gasteiger partial charge in [-0.25, -0.2) is 0 Å². The van der Waals surface area contributed by atoms with Gasteiger partial charge >= 0.3 is 0 Å². The molecular formula is C32H24N2S. The van der Waals surface area contributed by atoms with E-state index in [1.807, 2.05) is 23.9 Å². The second-order valence-corrected chi connectivity index (χ2v) is 10.9. The van der Waals surface area contributed by atoms with Crippen molar-refractivity contribution >= 4 is 34.3 Å². The Balaban J connectivity index is 1.43. The van der Waals surface area contributed by atoms with Crippen LogP contribution in [0.2, 0.25) is 0 Å². The van der Waals surface area contributed by atoms with Crippen LogP contribution < -0.4 is 0 Å². The van der Waals surface area contributed by atoms with Crippen LogP contribution in [-0.2, 0) is 6.42 Å². The van der Waals surface area contributed by atoms with Gasteiger partial charge in [-0.05, 0) is 47.7 Å². The van der Waals surface area contributed by atoms with Crippen molar-refractivity contribution in [3.05, 3.63) is 119 Å². The standard InChI is InChI=1S/C32H24N2S/c1-20-13-15-25-24-9-3-5-11-28(24)34(29(25)17-20)27-10-4-2-8-23(27)21-14-16-30-26(18-21)32-22(19-33)7-6-12-31(32)35-30/h2-16,18,20,26,30H,17H2,1H3. The summed E-state index contributed by atoms with van der Waals surface area (Å²) in [5.41, 5.74) is 9.67. The minimum absolute atomic E-state index is 0.220. The Bertz CT molecular complexity index is 1640. The van der Waals surface area contributed by atoms with Crippen LogP contribution in [0.1, 0.15) is 40.8 Å². The molecule has 0 amide bonds. The molecule has 3 aliphatic rings. The number of aromatic nitrogens is 1. The van der Waals surface area contributed by atoms with Crippen molar-refractivity contribution in [2.75, 3.05) is 0 Å². The number of nitrogens with zero attached hydrogens (tertiary/aromatic N) is 2. The lowest BCUT2D eigenvalue weighted by Gasteiger charge is -2.23. The van der Waals surface area contributed by atoms with Gasteiger partial charge in [0.25, 0.3) is 0 Å². The van der Waals surface area contributed by atoms with Crippen molar-refractivity contribution in [1.82, 2.24) is 4.57 Å². The zero-order valence-electron chi connectivity index (χ0n) is 19.5. The largest absolute Gasteiger partial charge is 0.312 e. The van der Waals surface area contributed by atoms with Crippen LogP contribution in [0.4, 0.5) is 0 Å². The maximum Gasteiger partial charge on any atom is 0.0995 e. The van der Waals surface area contributed by atoms with E-state index in [0.29, 0.717) is 11.2 Å². The average molecular weight is 469 g/mol. The summed E-state index contributed by atoms with van der Waals surface area (Å²) in [4.78, 5) is 1.24. The fourth-order valence-corrected chi connectivity index (χ4v) is 7.30. The SMILES string of the molecule is CC1C=Cc2c(n(-c3ccccc3C3=CC4c5c(C#N)cccc5SC4C=C3)c3ccccc23)C1. The maximum absolute atomic E-state index is 9.77.